The van der Waals surface area contributed by atoms with E-state index in [1.54, 1.807) is 0 Å². The molecule has 2 aromatic rings. The molecule has 0 bridgehead atoms. The molecule has 1 fully saturated rings. The van der Waals surface area contributed by atoms with Crippen molar-refractivity contribution in [1.29, 1.82) is 0 Å². The van der Waals surface area contributed by atoms with Crippen LogP contribution in [0.1, 0.15) is 42.9 Å². The van der Waals surface area contributed by atoms with Crippen LogP contribution in [-0.2, 0) is 4.79 Å². The Kier molecular flexibility index (Phi) is 5.05. The number of nitrogens with zero attached hydrogens (tertiary/aromatic N) is 1. The first-order valence-electron chi connectivity index (χ1n) is 9.62. The van der Waals surface area contributed by atoms with Gasteiger partial charge in [0.1, 0.15) is 0 Å². The van der Waals surface area contributed by atoms with Gasteiger partial charge in [-0.15, -0.1) is 0 Å². The largest absolute Gasteiger partial charge is 0.326 e. The minimum atomic E-state index is 0.126. The Morgan fingerprint density at radius 1 is 1.15 bits per heavy atom. The number of anilines is 1. The van der Waals surface area contributed by atoms with Crippen molar-refractivity contribution in [2.45, 2.75) is 37.8 Å². The predicted octanol–water partition coefficient (Wildman–Crippen LogP) is 3.54. The van der Waals surface area contributed by atoms with Gasteiger partial charge in [0.15, 0.2) is 0 Å². The lowest BCUT2D eigenvalue weighted by atomic mass is 9.90. The molecule has 2 N–H and O–H groups in total. The van der Waals surface area contributed by atoms with Crippen molar-refractivity contribution in [3.63, 3.8) is 0 Å². The molecule has 2 aromatic carbocycles. The summed E-state index contributed by atoms with van der Waals surface area (Å²) < 4.78 is 0. The van der Waals surface area contributed by atoms with Gasteiger partial charge in [-0.1, -0.05) is 48.5 Å². The number of carbonyl (C=O) groups excluding carboxylic acids is 1. The van der Waals surface area contributed by atoms with Crippen molar-refractivity contribution in [3.8, 4) is 0 Å². The molecule has 2 aliphatic rings. The van der Waals surface area contributed by atoms with Gasteiger partial charge in [-0.3, -0.25) is 9.69 Å². The van der Waals surface area contributed by atoms with E-state index < -0.39 is 0 Å². The van der Waals surface area contributed by atoms with E-state index in [-0.39, 0.29) is 11.8 Å². The first kappa shape index (κ1) is 17.3. The Hall–Kier alpha value is -2.17. The van der Waals surface area contributed by atoms with Gasteiger partial charge in [0.25, 0.3) is 0 Å². The third-order valence-electron chi connectivity index (χ3n) is 5.81. The van der Waals surface area contributed by atoms with Crippen LogP contribution in [0.5, 0.6) is 0 Å². The molecule has 2 aliphatic heterocycles. The molecule has 0 spiro atoms. The molecular formula is C22H27N3O. The summed E-state index contributed by atoms with van der Waals surface area (Å²) in [5.41, 5.74) is 3.61. The van der Waals surface area contributed by atoms with E-state index in [0.29, 0.717) is 18.5 Å². The second-order valence-corrected chi connectivity index (χ2v) is 7.51. The fourth-order valence-electron chi connectivity index (χ4n) is 4.24. The van der Waals surface area contributed by atoms with Crippen molar-refractivity contribution >= 4 is 11.6 Å². The Morgan fingerprint density at radius 2 is 1.92 bits per heavy atom. The summed E-state index contributed by atoms with van der Waals surface area (Å²) in [6.45, 7) is 5.34. The average molecular weight is 349 g/mol. The van der Waals surface area contributed by atoms with Crippen LogP contribution in [0.3, 0.4) is 0 Å². The summed E-state index contributed by atoms with van der Waals surface area (Å²) in [7, 11) is 0. The highest BCUT2D eigenvalue weighted by Gasteiger charge is 2.29. The maximum atomic E-state index is 12.0. The van der Waals surface area contributed by atoms with Crippen LogP contribution in [0.2, 0.25) is 0 Å². The summed E-state index contributed by atoms with van der Waals surface area (Å²) >= 11 is 0. The summed E-state index contributed by atoms with van der Waals surface area (Å²) in [6, 6.07) is 19.8. The molecule has 1 amide bonds. The molecule has 2 heterocycles. The normalized spacial score (nSPS) is 24.1. The predicted molar refractivity (Wildman–Crippen MR) is 105 cm³/mol. The fraction of sp³-hybridized carbons (Fsp3) is 0.409. The number of hydrogen-bond acceptors (Lipinski definition) is 3. The summed E-state index contributed by atoms with van der Waals surface area (Å²) in [4.78, 5) is 14.5. The molecule has 4 rings (SSSR count). The third-order valence-corrected chi connectivity index (χ3v) is 5.81. The molecule has 0 radical (unpaired) electrons. The second-order valence-electron chi connectivity index (χ2n) is 7.51. The highest BCUT2D eigenvalue weighted by molar-refractivity contribution is 5.94. The van der Waals surface area contributed by atoms with Crippen LogP contribution in [0.4, 0.5) is 5.69 Å². The molecule has 0 aliphatic carbocycles. The smallest absolute Gasteiger partial charge is 0.225 e. The van der Waals surface area contributed by atoms with E-state index in [1.165, 1.54) is 11.1 Å². The summed E-state index contributed by atoms with van der Waals surface area (Å²) in [6.07, 6.45) is 1.73. The van der Waals surface area contributed by atoms with Gasteiger partial charge in [-0.2, -0.15) is 0 Å². The lowest BCUT2D eigenvalue weighted by molar-refractivity contribution is -0.116. The molecule has 0 unspecified atom stereocenters. The molecule has 3 atom stereocenters. The number of rotatable bonds is 5. The van der Waals surface area contributed by atoms with Crippen LogP contribution in [0.15, 0.2) is 54.6 Å². The van der Waals surface area contributed by atoms with Crippen molar-refractivity contribution in [3.05, 3.63) is 65.7 Å². The SMILES string of the molecule is C[C@H](c1ccccc1)N1CC[C@H](NC[C@H]2CC(=O)Nc3ccccc32)C1. The van der Waals surface area contributed by atoms with E-state index in [4.69, 9.17) is 0 Å². The molecule has 4 nitrogen and oxygen atoms in total. The maximum absolute atomic E-state index is 12.0. The van der Waals surface area contributed by atoms with Crippen LogP contribution in [0.25, 0.3) is 0 Å². The third kappa shape index (κ3) is 3.67. The monoisotopic (exact) mass is 349 g/mol. The second kappa shape index (κ2) is 7.60. The standard InChI is InChI=1S/C22H27N3O/c1-16(17-7-3-2-4-8-17)25-12-11-19(15-25)23-14-18-13-22(26)24-21-10-6-5-9-20(18)21/h2-10,16,18-19,23H,11-15H2,1H3,(H,24,26)/t16-,18-,19+/m1/s1. The minimum absolute atomic E-state index is 0.126. The van der Waals surface area contributed by atoms with Crippen LogP contribution in [-0.4, -0.2) is 36.5 Å². The molecule has 26 heavy (non-hydrogen) atoms. The fourth-order valence-corrected chi connectivity index (χ4v) is 4.24. The number of nitrogens with one attached hydrogen (secondary N) is 2. The number of benzene rings is 2. The van der Waals surface area contributed by atoms with Crippen molar-refractivity contribution in [2.24, 2.45) is 0 Å². The minimum Gasteiger partial charge on any atom is -0.326 e. The number of para-hydroxylation sites is 1. The highest BCUT2D eigenvalue weighted by Crippen LogP contribution is 2.32. The topological polar surface area (TPSA) is 44.4 Å². The van der Waals surface area contributed by atoms with Crippen LogP contribution in [0, 0.1) is 0 Å². The molecule has 4 heteroatoms. The quantitative estimate of drug-likeness (QED) is 0.868. The molecule has 136 valence electrons. The van der Waals surface area contributed by atoms with Crippen LogP contribution < -0.4 is 10.6 Å². The Balaban J connectivity index is 1.34. The number of carbonyl (C=O) groups is 1. The van der Waals surface area contributed by atoms with E-state index in [0.717, 1.165) is 31.7 Å². The van der Waals surface area contributed by atoms with E-state index in [9.17, 15) is 4.79 Å². The van der Waals surface area contributed by atoms with E-state index in [2.05, 4.69) is 64.9 Å². The Labute approximate surface area is 155 Å². The summed E-state index contributed by atoms with van der Waals surface area (Å²) in [5.74, 6) is 0.391. The van der Waals surface area contributed by atoms with Gasteiger partial charge in [0.2, 0.25) is 5.91 Å². The van der Waals surface area contributed by atoms with Gasteiger partial charge < -0.3 is 10.6 Å². The van der Waals surface area contributed by atoms with E-state index in [1.807, 2.05) is 12.1 Å². The number of fused-ring (bicyclic) bond motifs is 1. The van der Waals surface area contributed by atoms with Gasteiger partial charge in [-0.25, -0.2) is 0 Å². The highest BCUT2D eigenvalue weighted by atomic mass is 16.1. The van der Waals surface area contributed by atoms with E-state index >= 15 is 0 Å². The van der Waals surface area contributed by atoms with Gasteiger partial charge in [0.05, 0.1) is 0 Å². The lowest BCUT2D eigenvalue weighted by Crippen LogP contribution is -2.37. The zero-order chi connectivity index (χ0) is 17.9. The van der Waals surface area contributed by atoms with Gasteiger partial charge in [-0.05, 0) is 30.5 Å². The van der Waals surface area contributed by atoms with Crippen molar-refractivity contribution < 1.29 is 4.79 Å². The average Bonchev–Trinajstić information content (AvgIpc) is 3.15. The van der Waals surface area contributed by atoms with Gasteiger partial charge in [0, 0.05) is 49.7 Å². The molecule has 0 saturated carbocycles. The molecular weight excluding hydrogens is 322 g/mol. The van der Waals surface area contributed by atoms with Crippen molar-refractivity contribution in [2.75, 3.05) is 25.0 Å². The van der Waals surface area contributed by atoms with Crippen molar-refractivity contribution in [1.82, 2.24) is 10.2 Å². The molecule has 1 saturated heterocycles. The first-order chi connectivity index (χ1) is 12.7. The number of amides is 1. The first-order valence-corrected chi connectivity index (χ1v) is 9.62. The zero-order valence-electron chi connectivity index (χ0n) is 15.3. The maximum Gasteiger partial charge on any atom is 0.225 e. The number of likely N-dealkylation sites (tertiary alicyclic amines) is 1. The van der Waals surface area contributed by atoms with Crippen LogP contribution >= 0.6 is 0 Å². The zero-order valence-corrected chi connectivity index (χ0v) is 15.3. The number of hydrogen-bond donors (Lipinski definition) is 2. The molecule has 0 aromatic heterocycles. The Morgan fingerprint density at radius 3 is 2.77 bits per heavy atom. The lowest BCUT2D eigenvalue weighted by Gasteiger charge is -2.28. The summed E-state index contributed by atoms with van der Waals surface area (Å²) in [5, 5.41) is 6.71. The Bertz CT molecular complexity index is 761. The van der Waals surface area contributed by atoms with Gasteiger partial charge >= 0.3 is 0 Å².